The van der Waals surface area contributed by atoms with Crippen molar-refractivity contribution in [3.05, 3.63) is 75.6 Å². The Bertz CT molecular complexity index is 1640. The molecule has 4 atom stereocenters. The maximum Gasteiger partial charge on any atom is 0.414 e. The molecule has 4 heterocycles. The van der Waals surface area contributed by atoms with Gasteiger partial charge < -0.3 is 24.3 Å². The first kappa shape index (κ1) is 30.8. The molecule has 14 nitrogen and oxygen atoms in total. The van der Waals surface area contributed by atoms with Gasteiger partial charge in [0.2, 0.25) is 0 Å². The van der Waals surface area contributed by atoms with Gasteiger partial charge in [0.05, 0.1) is 35.5 Å². The van der Waals surface area contributed by atoms with E-state index in [1.54, 1.807) is 34.0 Å². The Hall–Kier alpha value is -4.18. The predicted molar refractivity (Wildman–Crippen MR) is 164 cm³/mol. The molecule has 3 aliphatic heterocycles. The van der Waals surface area contributed by atoms with Gasteiger partial charge >= 0.3 is 6.09 Å². The second kappa shape index (κ2) is 11.6. The molecule has 0 aliphatic carbocycles. The van der Waals surface area contributed by atoms with Gasteiger partial charge in [0.1, 0.15) is 6.61 Å². The molecule has 3 aliphatic rings. The van der Waals surface area contributed by atoms with Crippen molar-refractivity contribution in [1.29, 1.82) is 0 Å². The average molecular weight is 637 g/mol. The van der Waals surface area contributed by atoms with Crippen molar-refractivity contribution >= 4 is 37.4 Å². The predicted octanol–water partition coefficient (Wildman–Crippen LogP) is 3.11. The summed E-state index contributed by atoms with van der Waals surface area (Å²) < 4.78 is 13.5. The Kier molecular flexibility index (Phi) is 7.97. The first-order valence-corrected chi connectivity index (χ1v) is 18.0. The number of benzene rings is 2. The molecule has 6 rings (SSSR count). The van der Waals surface area contributed by atoms with Gasteiger partial charge in [0.25, 0.3) is 11.6 Å². The Balaban J connectivity index is 1.36. The van der Waals surface area contributed by atoms with E-state index in [4.69, 9.17) is 9.47 Å². The first-order chi connectivity index (χ1) is 21.4. The van der Waals surface area contributed by atoms with Crippen LogP contribution >= 0.6 is 0 Å². The Morgan fingerprint density at radius 2 is 2.00 bits per heavy atom. The number of ether oxygens (including phenoxy) is 2. The second-order valence-corrected chi connectivity index (χ2v) is 16.4. The summed E-state index contributed by atoms with van der Waals surface area (Å²) in [5.41, 5.74) is 0.875. The molecule has 2 aromatic carbocycles. The molecule has 15 heteroatoms. The second-order valence-electron chi connectivity index (χ2n) is 12.4. The summed E-state index contributed by atoms with van der Waals surface area (Å²) in [7, 11) is -2.96. The number of amides is 2. The van der Waals surface area contributed by atoms with E-state index >= 15 is 0 Å². The van der Waals surface area contributed by atoms with Crippen molar-refractivity contribution < 1.29 is 33.9 Å². The number of nitrogens with zero attached hydrogens (tertiary/aromatic N) is 6. The van der Waals surface area contributed by atoms with E-state index in [0.717, 1.165) is 5.56 Å². The zero-order chi connectivity index (χ0) is 32.1. The quantitative estimate of drug-likeness (QED) is 0.191. The summed E-state index contributed by atoms with van der Waals surface area (Å²) in [6.45, 7) is 6.73. The third-order valence-electron chi connectivity index (χ3n) is 9.10. The normalized spacial score (nSPS) is 24.5. The minimum absolute atomic E-state index is 0.0455. The molecule has 1 aromatic heterocycles. The van der Waals surface area contributed by atoms with Crippen LogP contribution in [-0.4, -0.2) is 76.0 Å². The molecule has 2 saturated heterocycles. The Labute approximate surface area is 260 Å². The molecule has 0 saturated carbocycles. The molecule has 3 aromatic rings. The van der Waals surface area contributed by atoms with Gasteiger partial charge in [-0.05, 0) is 43.3 Å². The van der Waals surface area contributed by atoms with Crippen molar-refractivity contribution in [2.24, 2.45) is 5.92 Å². The van der Waals surface area contributed by atoms with Crippen LogP contribution in [0.25, 0.3) is 0 Å². The van der Waals surface area contributed by atoms with E-state index in [0.29, 0.717) is 55.2 Å². The maximum atomic E-state index is 14.7. The summed E-state index contributed by atoms with van der Waals surface area (Å²) in [5.74, 6) is -0.855. The number of cyclic esters (lactones) is 1. The molecule has 238 valence electrons. The highest BCUT2D eigenvalue weighted by Gasteiger charge is 2.66. The van der Waals surface area contributed by atoms with E-state index in [9.17, 15) is 29.6 Å². The molecule has 0 bridgehead atoms. The summed E-state index contributed by atoms with van der Waals surface area (Å²) in [4.78, 5) is 52.9. The molecule has 0 unspecified atom stereocenters. The van der Waals surface area contributed by atoms with E-state index in [2.05, 4.69) is 10.3 Å². The Morgan fingerprint density at radius 1 is 1.20 bits per heavy atom. The van der Waals surface area contributed by atoms with Crippen molar-refractivity contribution in [3.8, 4) is 0 Å². The highest BCUT2D eigenvalue weighted by atomic mass is 28.4. The van der Waals surface area contributed by atoms with Crippen LogP contribution < -0.4 is 9.80 Å². The number of nitro benzene ring substituents is 1. The molecule has 2 N–H and O–H groups in total. The smallest absolute Gasteiger partial charge is 0.414 e. The summed E-state index contributed by atoms with van der Waals surface area (Å²) >= 11 is 0. The van der Waals surface area contributed by atoms with E-state index < -0.39 is 37.0 Å². The monoisotopic (exact) mass is 636 g/mol. The SMILES string of the molecule is C[C@H]1[C@H]([Si](C)(C)O)[C@@H](CCn2cc(CCO)nn2)O[C@]12C(=O)N(Cc1cccc(N3CCOC3=O)c1)c1ccc([N+](=O)[O-])cc12. The number of aryl methyl sites for hydroxylation is 1. The number of aliphatic hydroxyl groups excluding tert-OH is 1. The summed E-state index contributed by atoms with van der Waals surface area (Å²) in [6, 6.07) is 11.7. The fraction of sp³-hybridized carbons (Fsp3) is 0.467. The van der Waals surface area contributed by atoms with E-state index in [1.807, 2.05) is 32.2 Å². The van der Waals surface area contributed by atoms with Gasteiger partial charge in [-0.1, -0.05) is 24.3 Å². The zero-order valence-corrected chi connectivity index (χ0v) is 26.3. The average Bonchev–Trinajstić information content (AvgIpc) is 3.75. The van der Waals surface area contributed by atoms with Crippen LogP contribution in [0.4, 0.5) is 21.9 Å². The van der Waals surface area contributed by atoms with Crippen molar-refractivity contribution in [2.45, 2.75) is 63.2 Å². The number of hydrogen-bond acceptors (Lipinski definition) is 10. The van der Waals surface area contributed by atoms with Gasteiger partial charge in [-0.15, -0.1) is 5.10 Å². The molecule has 2 amide bonds. The van der Waals surface area contributed by atoms with Crippen LogP contribution in [0.1, 0.15) is 30.2 Å². The number of fused-ring (bicyclic) bond motifs is 2. The lowest BCUT2D eigenvalue weighted by Crippen LogP contribution is -2.46. The number of anilines is 2. The van der Waals surface area contributed by atoms with Crippen LogP contribution in [0.15, 0.2) is 48.7 Å². The lowest BCUT2D eigenvalue weighted by atomic mass is 9.82. The van der Waals surface area contributed by atoms with Gasteiger partial charge in [0, 0.05) is 60.6 Å². The van der Waals surface area contributed by atoms with Crippen LogP contribution in [0.3, 0.4) is 0 Å². The lowest BCUT2D eigenvalue weighted by Gasteiger charge is -2.32. The van der Waals surface area contributed by atoms with Crippen LogP contribution in [0, 0.1) is 16.0 Å². The van der Waals surface area contributed by atoms with E-state index in [1.165, 1.54) is 17.0 Å². The van der Waals surface area contributed by atoms with Gasteiger partial charge in [-0.3, -0.25) is 24.5 Å². The molecule has 1 spiro atoms. The van der Waals surface area contributed by atoms with Crippen LogP contribution in [-0.2, 0) is 39.4 Å². The number of aromatic nitrogens is 3. The summed E-state index contributed by atoms with van der Waals surface area (Å²) in [5, 5.41) is 29.3. The van der Waals surface area contributed by atoms with Crippen LogP contribution in [0.5, 0.6) is 0 Å². The Morgan fingerprint density at radius 3 is 2.69 bits per heavy atom. The number of rotatable bonds is 10. The fourth-order valence-electron chi connectivity index (χ4n) is 7.18. The standard InChI is InChI=1S/C30H36N6O8Si/c1-19-27(45(2,3)42)26(9-11-33-18-21(10-13-37)31-32-33)44-30(19)24-16-23(36(40)41)7-8-25(24)35(28(30)38)17-20-5-4-6-22(15-20)34-12-14-43-29(34)39/h4-8,15-16,18-19,26-27,37,42H,9-14,17H2,1-3H3/t19-,26+,27-,30+/m0/s1. The molecule has 45 heavy (non-hydrogen) atoms. The number of carbonyl (C=O) groups excluding carboxylic acids is 2. The van der Waals surface area contributed by atoms with Crippen LogP contribution in [0.2, 0.25) is 18.6 Å². The maximum absolute atomic E-state index is 14.7. The summed E-state index contributed by atoms with van der Waals surface area (Å²) in [6.07, 6.45) is 1.57. The zero-order valence-electron chi connectivity index (χ0n) is 25.3. The molecular formula is C30H36N6O8Si. The number of aliphatic hydroxyl groups is 1. The van der Waals surface area contributed by atoms with Crippen molar-refractivity contribution in [2.75, 3.05) is 29.6 Å². The first-order valence-electron chi connectivity index (χ1n) is 15.0. The van der Waals surface area contributed by atoms with Crippen molar-refractivity contribution in [3.63, 3.8) is 0 Å². The molecule has 2 fully saturated rings. The van der Waals surface area contributed by atoms with Gasteiger partial charge in [0.15, 0.2) is 13.9 Å². The number of carbonyl (C=O) groups is 2. The van der Waals surface area contributed by atoms with Gasteiger partial charge in [-0.2, -0.15) is 0 Å². The van der Waals surface area contributed by atoms with Crippen molar-refractivity contribution in [1.82, 2.24) is 15.0 Å². The number of nitro groups is 1. The van der Waals surface area contributed by atoms with E-state index in [-0.39, 0.29) is 30.3 Å². The topological polar surface area (TPSA) is 173 Å². The minimum atomic E-state index is -2.96. The third kappa shape index (κ3) is 5.39. The largest absolute Gasteiger partial charge is 0.447 e. The fourth-order valence-corrected chi connectivity index (χ4v) is 9.78. The number of hydrogen-bond donors (Lipinski definition) is 2. The highest BCUT2D eigenvalue weighted by molar-refractivity contribution is 6.71. The number of non-ortho nitro benzene ring substituents is 1. The molecule has 0 radical (unpaired) electrons. The highest BCUT2D eigenvalue weighted by Crippen LogP contribution is 2.60. The minimum Gasteiger partial charge on any atom is -0.447 e. The molecular weight excluding hydrogens is 600 g/mol. The van der Waals surface area contributed by atoms with Gasteiger partial charge in [-0.25, -0.2) is 4.79 Å². The third-order valence-corrected chi connectivity index (χ3v) is 11.6. The lowest BCUT2D eigenvalue weighted by molar-refractivity contribution is -0.385.